The Balaban J connectivity index is 2.48. The molecule has 5 N–H and O–H groups in total. The predicted molar refractivity (Wildman–Crippen MR) is 65.7 cm³/mol. The first kappa shape index (κ1) is 14.4. The zero-order valence-corrected chi connectivity index (χ0v) is 10.3. The van der Waals surface area contributed by atoms with Gasteiger partial charge in [0.15, 0.2) is 0 Å². The molecule has 0 aliphatic carbocycles. The van der Waals surface area contributed by atoms with Crippen molar-refractivity contribution in [3.8, 4) is 0 Å². The molecule has 0 saturated carbocycles. The fraction of sp³-hybridized carbons (Fsp3) is 0.300. The second-order valence-corrected chi connectivity index (χ2v) is 5.45. The molecule has 0 spiro atoms. The topological polar surface area (TPSA) is 115 Å². The number of anilines is 1. The maximum absolute atomic E-state index is 13.1. The summed E-state index contributed by atoms with van der Waals surface area (Å²) in [6.45, 7) is 0.140. The van der Waals surface area contributed by atoms with Crippen LogP contribution in [0.5, 0.6) is 0 Å². The molecule has 0 radical (unpaired) electrons. The SMILES string of the molecule is Nc1ccc(C(=O)NCCCS(N)(=O)=O)cc1F. The number of halogens is 1. The fourth-order valence-electron chi connectivity index (χ4n) is 1.25. The molecule has 1 aromatic carbocycles. The average molecular weight is 275 g/mol. The molecule has 1 amide bonds. The van der Waals surface area contributed by atoms with Gasteiger partial charge in [-0.05, 0) is 24.6 Å². The van der Waals surface area contributed by atoms with E-state index < -0.39 is 21.7 Å². The highest BCUT2D eigenvalue weighted by Crippen LogP contribution is 2.11. The highest BCUT2D eigenvalue weighted by Gasteiger charge is 2.08. The summed E-state index contributed by atoms with van der Waals surface area (Å²) >= 11 is 0. The largest absolute Gasteiger partial charge is 0.396 e. The van der Waals surface area contributed by atoms with Crippen molar-refractivity contribution < 1.29 is 17.6 Å². The summed E-state index contributed by atoms with van der Waals surface area (Å²) in [5.74, 6) is -1.39. The normalized spacial score (nSPS) is 11.2. The minimum atomic E-state index is -3.53. The van der Waals surface area contributed by atoms with E-state index in [2.05, 4.69) is 5.32 Å². The highest BCUT2D eigenvalue weighted by molar-refractivity contribution is 7.89. The van der Waals surface area contributed by atoms with E-state index in [0.717, 1.165) is 6.07 Å². The number of carbonyl (C=O) groups excluding carboxylic acids is 1. The van der Waals surface area contributed by atoms with Gasteiger partial charge in [0.2, 0.25) is 10.0 Å². The van der Waals surface area contributed by atoms with E-state index in [-0.39, 0.29) is 30.0 Å². The van der Waals surface area contributed by atoms with Crippen LogP contribution >= 0.6 is 0 Å². The van der Waals surface area contributed by atoms with Gasteiger partial charge in [0.05, 0.1) is 11.4 Å². The van der Waals surface area contributed by atoms with E-state index in [1.807, 2.05) is 0 Å². The van der Waals surface area contributed by atoms with Crippen LogP contribution in [0, 0.1) is 5.82 Å². The molecule has 0 heterocycles. The average Bonchev–Trinajstić information content (AvgIpc) is 2.26. The van der Waals surface area contributed by atoms with Crippen LogP contribution in [0.4, 0.5) is 10.1 Å². The van der Waals surface area contributed by atoms with Crippen molar-refractivity contribution in [1.29, 1.82) is 0 Å². The molecule has 0 aliphatic heterocycles. The summed E-state index contributed by atoms with van der Waals surface area (Å²) in [6, 6.07) is 3.69. The van der Waals surface area contributed by atoms with Crippen LogP contribution in [0.1, 0.15) is 16.8 Å². The Kier molecular flexibility index (Phi) is 4.62. The molecule has 0 bridgehead atoms. The summed E-state index contributed by atoms with van der Waals surface area (Å²) < 4.78 is 34.3. The molecule has 1 aromatic rings. The Bertz CT molecular complexity index is 545. The van der Waals surface area contributed by atoms with Gasteiger partial charge in [0.1, 0.15) is 5.82 Å². The molecule has 0 aliphatic rings. The second kappa shape index (κ2) is 5.78. The Hall–Kier alpha value is -1.67. The molecule has 18 heavy (non-hydrogen) atoms. The number of sulfonamides is 1. The number of nitrogens with one attached hydrogen (secondary N) is 1. The first-order valence-corrected chi connectivity index (χ1v) is 6.85. The third kappa shape index (κ3) is 4.68. The number of nitrogen functional groups attached to an aromatic ring is 1. The van der Waals surface area contributed by atoms with Crippen LogP contribution in [0.15, 0.2) is 18.2 Å². The van der Waals surface area contributed by atoms with Gasteiger partial charge < -0.3 is 11.1 Å². The third-order valence-electron chi connectivity index (χ3n) is 2.15. The maximum atomic E-state index is 13.1. The first-order valence-electron chi connectivity index (χ1n) is 5.13. The molecule has 1 rings (SSSR count). The van der Waals surface area contributed by atoms with Crippen LogP contribution in [0.2, 0.25) is 0 Å². The summed E-state index contributed by atoms with van der Waals surface area (Å²) in [5.41, 5.74) is 5.35. The van der Waals surface area contributed by atoms with Crippen LogP contribution < -0.4 is 16.2 Å². The Morgan fingerprint density at radius 3 is 2.61 bits per heavy atom. The highest BCUT2D eigenvalue weighted by atomic mass is 32.2. The van der Waals surface area contributed by atoms with Crippen molar-refractivity contribution in [2.45, 2.75) is 6.42 Å². The lowest BCUT2D eigenvalue weighted by molar-refractivity contribution is 0.0953. The lowest BCUT2D eigenvalue weighted by Crippen LogP contribution is -2.27. The molecule has 8 heteroatoms. The Labute approximate surface area is 104 Å². The molecule has 0 fully saturated rings. The zero-order valence-electron chi connectivity index (χ0n) is 9.52. The summed E-state index contributed by atoms with van der Waals surface area (Å²) in [6.07, 6.45) is 0.196. The van der Waals surface area contributed by atoms with Gasteiger partial charge in [-0.25, -0.2) is 17.9 Å². The predicted octanol–water partition coefficient (Wildman–Crippen LogP) is -0.184. The summed E-state index contributed by atoms with van der Waals surface area (Å²) in [5, 5.41) is 7.25. The quantitative estimate of drug-likeness (QED) is 0.510. The standard InChI is InChI=1S/C10H14FN3O3S/c11-8-6-7(2-3-9(8)12)10(15)14-4-1-5-18(13,16)17/h2-3,6H,1,4-5,12H2,(H,14,15)(H2,13,16,17). The van der Waals surface area contributed by atoms with Crippen molar-refractivity contribution in [3.05, 3.63) is 29.6 Å². The van der Waals surface area contributed by atoms with Crippen molar-refractivity contribution in [2.75, 3.05) is 18.0 Å². The second-order valence-electron chi connectivity index (χ2n) is 3.71. The van der Waals surface area contributed by atoms with Gasteiger partial charge in [-0.2, -0.15) is 0 Å². The van der Waals surface area contributed by atoms with E-state index in [1.165, 1.54) is 12.1 Å². The number of nitrogens with two attached hydrogens (primary N) is 2. The van der Waals surface area contributed by atoms with Gasteiger partial charge in [-0.15, -0.1) is 0 Å². The van der Waals surface area contributed by atoms with E-state index in [4.69, 9.17) is 10.9 Å². The minimum Gasteiger partial charge on any atom is -0.396 e. The van der Waals surface area contributed by atoms with Crippen molar-refractivity contribution in [1.82, 2.24) is 5.32 Å². The third-order valence-corrected chi connectivity index (χ3v) is 3.01. The van der Waals surface area contributed by atoms with Crippen LogP contribution in [-0.4, -0.2) is 26.6 Å². The van der Waals surface area contributed by atoms with Crippen LogP contribution in [0.25, 0.3) is 0 Å². The number of amides is 1. The van der Waals surface area contributed by atoms with Gasteiger partial charge in [-0.3, -0.25) is 4.79 Å². The van der Waals surface area contributed by atoms with E-state index in [9.17, 15) is 17.6 Å². The molecule has 0 aromatic heterocycles. The van der Waals surface area contributed by atoms with Crippen molar-refractivity contribution in [3.63, 3.8) is 0 Å². The monoisotopic (exact) mass is 275 g/mol. The van der Waals surface area contributed by atoms with Gasteiger partial charge in [-0.1, -0.05) is 0 Å². The number of primary sulfonamides is 1. The van der Waals surface area contributed by atoms with Crippen molar-refractivity contribution >= 4 is 21.6 Å². The van der Waals surface area contributed by atoms with Crippen molar-refractivity contribution in [2.24, 2.45) is 5.14 Å². The Morgan fingerprint density at radius 2 is 2.06 bits per heavy atom. The molecule has 100 valence electrons. The fourth-order valence-corrected chi connectivity index (χ4v) is 1.79. The number of rotatable bonds is 5. The molecule has 0 unspecified atom stereocenters. The molecule has 0 atom stereocenters. The summed E-state index contributed by atoms with van der Waals surface area (Å²) in [7, 11) is -3.53. The van der Waals surface area contributed by atoms with Gasteiger partial charge in [0, 0.05) is 12.1 Å². The lowest BCUT2D eigenvalue weighted by atomic mass is 10.2. The molecular formula is C10H14FN3O3S. The van der Waals surface area contributed by atoms with E-state index >= 15 is 0 Å². The smallest absolute Gasteiger partial charge is 0.251 e. The summed E-state index contributed by atoms with van der Waals surface area (Å²) in [4.78, 5) is 11.5. The van der Waals surface area contributed by atoms with E-state index in [1.54, 1.807) is 0 Å². The van der Waals surface area contributed by atoms with Crippen LogP contribution in [-0.2, 0) is 10.0 Å². The zero-order chi connectivity index (χ0) is 13.8. The number of hydrogen-bond donors (Lipinski definition) is 3. The number of carbonyl (C=O) groups is 1. The first-order chi connectivity index (χ1) is 8.29. The van der Waals surface area contributed by atoms with E-state index in [0.29, 0.717) is 0 Å². The number of hydrogen-bond acceptors (Lipinski definition) is 4. The van der Waals surface area contributed by atoms with Gasteiger partial charge >= 0.3 is 0 Å². The molecular weight excluding hydrogens is 261 g/mol. The molecule has 0 saturated heterocycles. The number of benzene rings is 1. The lowest BCUT2D eigenvalue weighted by Gasteiger charge is -2.05. The Morgan fingerprint density at radius 1 is 1.39 bits per heavy atom. The molecule has 6 nitrogen and oxygen atoms in total. The van der Waals surface area contributed by atoms with Gasteiger partial charge in [0.25, 0.3) is 5.91 Å². The van der Waals surface area contributed by atoms with Crippen LogP contribution in [0.3, 0.4) is 0 Å². The minimum absolute atomic E-state index is 0.0409. The maximum Gasteiger partial charge on any atom is 0.251 e.